The van der Waals surface area contributed by atoms with Gasteiger partial charge in [-0.2, -0.15) is 4.99 Å². The van der Waals surface area contributed by atoms with Crippen LogP contribution in [0.15, 0.2) is 62.3 Å². The summed E-state index contributed by atoms with van der Waals surface area (Å²) in [5.74, 6) is 0.826. The van der Waals surface area contributed by atoms with E-state index in [1.807, 2.05) is 24.3 Å². The lowest BCUT2D eigenvalue weighted by Gasteiger charge is -2.14. The van der Waals surface area contributed by atoms with Gasteiger partial charge >= 0.3 is 0 Å². The first kappa shape index (κ1) is 21.2. The first-order valence-electron chi connectivity index (χ1n) is 8.44. The fourth-order valence-corrected chi connectivity index (χ4v) is 3.53. The van der Waals surface area contributed by atoms with E-state index in [-0.39, 0.29) is 24.2 Å². The molecule has 1 aliphatic heterocycles. The molecule has 0 atom stereocenters. The third kappa shape index (κ3) is 6.22. The molecule has 7 nitrogen and oxygen atoms in total. The minimum atomic E-state index is -0.210. The molecule has 0 saturated carbocycles. The molecular formula is C19H17Cl2N5O2S. The lowest BCUT2D eigenvalue weighted by molar-refractivity contribution is -0.118. The van der Waals surface area contributed by atoms with Crippen molar-refractivity contribution in [2.24, 2.45) is 20.7 Å². The average Bonchev–Trinajstić information content (AvgIpc) is 2.67. The van der Waals surface area contributed by atoms with E-state index < -0.39 is 0 Å². The van der Waals surface area contributed by atoms with Gasteiger partial charge in [0.25, 0.3) is 0 Å². The number of hydrogen-bond acceptors (Lipinski definition) is 4. The van der Waals surface area contributed by atoms with Crippen molar-refractivity contribution < 1.29 is 9.53 Å². The Kier molecular flexibility index (Phi) is 7.13. The van der Waals surface area contributed by atoms with Crippen LogP contribution in [-0.4, -0.2) is 36.4 Å². The Balaban J connectivity index is 1.76. The van der Waals surface area contributed by atoms with E-state index in [0.717, 1.165) is 4.90 Å². The van der Waals surface area contributed by atoms with Crippen LogP contribution in [0.3, 0.4) is 0 Å². The van der Waals surface area contributed by atoms with Crippen LogP contribution in [0, 0.1) is 0 Å². The monoisotopic (exact) mass is 449 g/mol. The number of amides is 1. The van der Waals surface area contributed by atoms with Gasteiger partial charge in [-0.25, -0.2) is 9.98 Å². The Morgan fingerprint density at radius 1 is 1.24 bits per heavy atom. The number of thioether (sulfide) groups is 1. The molecule has 2 aromatic rings. The Bertz CT molecular complexity index is 1010. The quantitative estimate of drug-likeness (QED) is 0.408. The lowest BCUT2D eigenvalue weighted by atomic mass is 10.2. The molecule has 0 unspecified atom stereocenters. The number of carbonyl (C=O) groups excluding carboxylic acids is 1. The summed E-state index contributed by atoms with van der Waals surface area (Å²) >= 11 is 13.4. The molecule has 1 heterocycles. The number of benzene rings is 2. The number of rotatable bonds is 5. The lowest BCUT2D eigenvalue weighted by Crippen LogP contribution is -2.37. The van der Waals surface area contributed by atoms with Crippen molar-refractivity contribution in [2.45, 2.75) is 11.3 Å². The summed E-state index contributed by atoms with van der Waals surface area (Å²) in [5, 5.41) is 3.74. The number of ether oxygens (including phenoxy) is 1. The van der Waals surface area contributed by atoms with Crippen LogP contribution in [0.25, 0.3) is 0 Å². The van der Waals surface area contributed by atoms with Crippen LogP contribution in [0.2, 0.25) is 10.0 Å². The number of nitrogens with zero attached hydrogens (tertiary/aromatic N) is 3. The van der Waals surface area contributed by atoms with Gasteiger partial charge in [0.1, 0.15) is 11.4 Å². The van der Waals surface area contributed by atoms with Crippen LogP contribution in [0.1, 0.15) is 6.42 Å². The molecule has 0 saturated heterocycles. The molecule has 1 aliphatic rings. The van der Waals surface area contributed by atoms with Crippen LogP contribution in [-0.2, 0) is 4.79 Å². The van der Waals surface area contributed by atoms with Crippen molar-refractivity contribution in [2.75, 3.05) is 12.9 Å². The summed E-state index contributed by atoms with van der Waals surface area (Å²) in [6.45, 7) is 0. The minimum Gasteiger partial charge on any atom is -0.494 e. The van der Waals surface area contributed by atoms with Crippen LogP contribution in [0.4, 0.5) is 5.69 Å². The molecule has 0 radical (unpaired) electrons. The maximum Gasteiger partial charge on any atom is 0.232 e. The van der Waals surface area contributed by atoms with Crippen molar-refractivity contribution in [3.8, 4) is 5.75 Å². The fraction of sp³-hybridized carbons (Fsp3) is 0.158. The van der Waals surface area contributed by atoms with Crippen molar-refractivity contribution in [3.63, 3.8) is 0 Å². The van der Waals surface area contributed by atoms with Crippen molar-refractivity contribution in [1.82, 2.24) is 5.32 Å². The Morgan fingerprint density at radius 3 is 2.69 bits per heavy atom. The van der Waals surface area contributed by atoms with Gasteiger partial charge in [0, 0.05) is 26.4 Å². The van der Waals surface area contributed by atoms with Gasteiger partial charge in [-0.05, 0) is 42.5 Å². The second-order valence-corrected chi connectivity index (χ2v) is 7.79. The first-order valence-corrected chi connectivity index (χ1v) is 10.2. The average molecular weight is 450 g/mol. The molecule has 3 N–H and O–H groups in total. The number of carbonyl (C=O) groups is 1. The summed E-state index contributed by atoms with van der Waals surface area (Å²) in [7, 11) is 1.51. The summed E-state index contributed by atoms with van der Waals surface area (Å²) in [6, 6.07) is 12.4. The van der Waals surface area contributed by atoms with Crippen LogP contribution < -0.4 is 15.8 Å². The third-order valence-corrected chi connectivity index (χ3v) is 5.27. The van der Waals surface area contributed by atoms with Crippen LogP contribution >= 0.6 is 35.0 Å². The number of halogens is 2. The number of nitrogens with one attached hydrogen (secondary N) is 1. The van der Waals surface area contributed by atoms with Crippen molar-refractivity contribution in [1.29, 1.82) is 0 Å². The standard InChI is InChI=1S/C19H17Cl2N5O2S/c1-28-16-7-4-12(21)8-15(16)24-18(22)26-19-23-13(9-17(27)25-19)10-29-14-5-2-11(20)3-6-14/h2-8H,9-10H2,1H3,(H3,22,24,25,26,27). The Morgan fingerprint density at radius 2 is 1.97 bits per heavy atom. The van der Waals surface area contributed by atoms with Crippen molar-refractivity contribution in [3.05, 3.63) is 52.5 Å². The molecule has 0 aromatic heterocycles. The smallest absolute Gasteiger partial charge is 0.232 e. The van der Waals surface area contributed by atoms with Gasteiger partial charge in [0.05, 0.1) is 13.5 Å². The molecule has 0 fully saturated rings. The van der Waals surface area contributed by atoms with Gasteiger partial charge in [0.15, 0.2) is 0 Å². The van der Waals surface area contributed by atoms with Gasteiger partial charge < -0.3 is 10.5 Å². The normalized spacial score (nSPS) is 15.8. The fourth-order valence-electron chi connectivity index (χ4n) is 2.41. The zero-order chi connectivity index (χ0) is 20.8. The predicted molar refractivity (Wildman–Crippen MR) is 119 cm³/mol. The molecule has 1 amide bonds. The van der Waals surface area contributed by atoms with E-state index in [2.05, 4.69) is 20.3 Å². The molecule has 10 heteroatoms. The Labute approximate surface area is 182 Å². The maximum atomic E-state index is 12.0. The van der Waals surface area contributed by atoms with E-state index >= 15 is 0 Å². The molecule has 0 aliphatic carbocycles. The predicted octanol–water partition coefficient (Wildman–Crippen LogP) is 4.06. The zero-order valence-corrected chi connectivity index (χ0v) is 17.7. The highest BCUT2D eigenvalue weighted by molar-refractivity contribution is 8.00. The number of aliphatic imine (C=N–C) groups is 3. The summed E-state index contributed by atoms with van der Waals surface area (Å²) in [6.07, 6.45) is 0.193. The molecule has 0 bridgehead atoms. The summed E-state index contributed by atoms with van der Waals surface area (Å²) < 4.78 is 5.23. The number of nitrogens with two attached hydrogens (primary N) is 1. The zero-order valence-electron chi connectivity index (χ0n) is 15.4. The van der Waals surface area contributed by atoms with Gasteiger partial charge in [0.2, 0.25) is 17.8 Å². The highest BCUT2D eigenvalue weighted by Gasteiger charge is 2.17. The molecule has 3 rings (SSSR count). The number of hydrogen-bond donors (Lipinski definition) is 2. The highest BCUT2D eigenvalue weighted by Crippen LogP contribution is 2.30. The highest BCUT2D eigenvalue weighted by atomic mass is 35.5. The maximum absolute atomic E-state index is 12.0. The van der Waals surface area contributed by atoms with Crippen molar-refractivity contribution >= 4 is 64.2 Å². The SMILES string of the molecule is COc1ccc(Cl)cc1N=C(N)N=C1N=C(CSc2ccc(Cl)cc2)CC(=O)N1. The largest absolute Gasteiger partial charge is 0.494 e. The number of guanidine groups is 2. The van der Waals surface area contributed by atoms with Crippen LogP contribution in [0.5, 0.6) is 5.75 Å². The molecule has 2 aromatic carbocycles. The van der Waals surface area contributed by atoms with Gasteiger partial charge in [-0.3, -0.25) is 10.1 Å². The second-order valence-electron chi connectivity index (χ2n) is 5.87. The van der Waals surface area contributed by atoms with E-state index in [0.29, 0.717) is 32.9 Å². The summed E-state index contributed by atoms with van der Waals surface area (Å²) in [5.41, 5.74) is 7.01. The second kappa shape index (κ2) is 9.78. The van der Waals surface area contributed by atoms with E-state index in [4.69, 9.17) is 33.7 Å². The van der Waals surface area contributed by atoms with Gasteiger partial charge in [-0.15, -0.1) is 11.8 Å². The minimum absolute atomic E-state index is 0.0868. The first-order chi connectivity index (χ1) is 13.9. The molecule has 29 heavy (non-hydrogen) atoms. The molecular weight excluding hydrogens is 433 g/mol. The van der Waals surface area contributed by atoms with E-state index in [1.165, 1.54) is 7.11 Å². The summed E-state index contributed by atoms with van der Waals surface area (Å²) in [4.78, 5) is 25.7. The van der Waals surface area contributed by atoms with E-state index in [9.17, 15) is 4.79 Å². The number of methoxy groups -OCH3 is 1. The van der Waals surface area contributed by atoms with Gasteiger partial charge in [-0.1, -0.05) is 23.2 Å². The third-order valence-electron chi connectivity index (χ3n) is 3.70. The molecule has 0 spiro atoms. The molecule has 150 valence electrons. The van der Waals surface area contributed by atoms with E-state index in [1.54, 1.807) is 30.0 Å². The topological polar surface area (TPSA) is 101 Å². The Hall–Kier alpha value is -2.55.